The van der Waals surface area contributed by atoms with Gasteiger partial charge in [-0.2, -0.15) is 0 Å². The molecule has 1 amide bonds. The monoisotopic (exact) mass is 469 g/mol. The topological polar surface area (TPSA) is 77.0 Å². The highest BCUT2D eigenvalue weighted by Crippen LogP contribution is 2.25. The molecule has 170 valence electrons. The third-order valence-electron chi connectivity index (χ3n) is 5.24. The van der Waals surface area contributed by atoms with Crippen LogP contribution in [0, 0.1) is 23.3 Å². The van der Waals surface area contributed by atoms with Gasteiger partial charge < -0.3 is 10.6 Å². The molecule has 4 rings (SSSR count). The summed E-state index contributed by atoms with van der Waals surface area (Å²) in [5.74, 6) is -3.97. The highest BCUT2D eigenvalue weighted by Gasteiger charge is 2.27. The molecule has 2 heterocycles. The minimum Gasteiger partial charge on any atom is -0.335 e. The Labute approximate surface area is 187 Å². The highest BCUT2D eigenvalue weighted by atomic mass is 35.5. The Morgan fingerprint density at radius 1 is 1.03 bits per heavy atom. The summed E-state index contributed by atoms with van der Waals surface area (Å²) in [4.78, 5) is 14.3. The van der Waals surface area contributed by atoms with Gasteiger partial charge in [-0.25, -0.2) is 22.2 Å². The highest BCUT2D eigenvalue weighted by molar-refractivity contribution is 5.85. The number of halogens is 5. The molecule has 0 saturated heterocycles. The number of nitrogens with zero attached hydrogens (tertiary/aromatic N) is 4. The molecule has 0 fully saturated rings. The number of aromatic nitrogens is 3. The lowest BCUT2D eigenvalue weighted by molar-refractivity contribution is -0.133. The predicted molar refractivity (Wildman–Crippen MR) is 111 cm³/mol. The van der Waals surface area contributed by atoms with E-state index in [0.29, 0.717) is 36.1 Å². The van der Waals surface area contributed by atoms with E-state index in [1.54, 1.807) is 21.7 Å². The van der Waals surface area contributed by atoms with E-state index in [1.807, 2.05) is 0 Å². The van der Waals surface area contributed by atoms with Crippen LogP contribution in [0.4, 0.5) is 17.6 Å². The van der Waals surface area contributed by atoms with E-state index in [9.17, 15) is 22.4 Å². The van der Waals surface area contributed by atoms with Crippen molar-refractivity contribution in [2.24, 2.45) is 5.73 Å². The summed E-state index contributed by atoms with van der Waals surface area (Å²) in [6.45, 7) is 1.07. The molecule has 1 atom stereocenters. The molecule has 11 heteroatoms. The summed E-state index contributed by atoms with van der Waals surface area (Å²) < 4.78 is 55.2. The average molecular weight is 470 g/mol. The van der Waals surface area contributed by atoms with Crippen molar-refractivity contribution in [2.45, 2.75) is 32.0 Å². The minimum absolute atomic E-state index is 0. The second-order valence-corrected chi connectivity index (χ2v) is 7.46. The molecule has 0 saturated carbocycles. The van der Waals surface area contributed by atoms with Crippen LogP contribution in [-0.2, 0) is 24.3 Å². The van der Waals surface area contributed by atoms with Crippen LogP contribution in [0.5, 0.6) is 0 Å². The van der Waals surface area contributed by atoms with Crippen LogP contribution in [0.2, 0.25) is 0 Å². The van der Waals surface area contributed by atoms with Gasteiger partial charge in [-0.15, -0.1) is 17.5 Å². The Morgan fingerprint density at radius 2 is 1.72 bits per heavy atom. The van der Waals surface area contributed by atoms with Crippen LogP contribution in [0.25, 0.3) is 11.3 Å². The van der Waals surface area contributed by atoms with Crippen LogP contribution in [0.1, 0.15) is 17.7 Å². The summed E-state index contributed by atoms with van der Waals surface area (Å²) >= 11 is 0. The van der Waals surface area contributed by atoms with E-state index >= 15 is 0 Å². The van der Waals surface area contributed by atoms with Gasteiger partial charge in [0.15, 0.2) is 11.6 Å². The summed E-state index contributed by atoms with van der Waals surface area (Å²) in [5.41, 5.74) is 7.86. The molecular weight excluding hydrogens is 450 g/mol. The molecular formula is C21H20ClF4N5O. The van der Waals surface area contributed by atoms with Crippen LogP contribution < -0.4 is 5.73 Å². The number of carbonyl (C=O) groups is 1. The molecule has 2 aromatic carbocycles. The van der Waals surface area contributed by atoms with Gasteiger partial charge in [0.1, 0.15) is 17.3 Å². The van der Waals surface area contributed by atoms with Crippen molar-refractivity contribution in [3.63, 3.8) is 0 Å². The Balaban J connectivity index is 0.00000289. The molecule has 1 aliphatic heterocycles. The predicted octanol–water partition coefficient (Wildman–Crippen LogP) is 3.23. The van der Waals surface area contributed by atoms with Crippen molar-refractivity contribution < 1.29 is 22.4 Å². The molecule has 0 bridgehead atoms. The lowest BCUT2D eigenvalue weighted by Gasteiger charge is -2.28. The first-order valence-electron chi connectivity index (χ1n) is 9.67. The number of rotatable bonds is 5. The number of amides is 1. The van der Waals surface area contributed by atoms with Crippen molar-refractivity contribution in [2.75, 3.05) is 6.54 Å². The fourth-order valence-electron chi connectivity index (χ4n) is 3.62. The van der Waals surface area contributed by atoms with Gasteiger partial charge in [0.25, 0.3) is 0 Å². The Morgan fingerprint density at radius 3 is 2.44 bits per heavy atom. The number of carbonyl (C=O) groups excluding carboxylic acids is 1. The van der Waals surface area contributed by atoms with Crippen molar-refractivity contribution in [1.29, 1.82) is 0 Å². The molecule has 0 radical (unpaired) electrons. The molecule has 1 aromatic heterocycles. The van der Waals surface area contributed by atoms with Gasteiger partial charge in [-0.05, 0) is 42.3 Å². The Kier molecular flexibility index (Phi) is 7.15. The van der Waals surface area contributed by atoms with Crippen LogP contribution in [0.15, 0.2) is 36.4 Å². The van der Waals surface area contributed by atoms with E-state index in [1.165, 1.54) is 12.1 Å². The lowest BCUT2D eigenvalue weighted by atomic mass is 10.0. The van der Waals surface area contributed by atoms with E-state index < -0.39 is 23.5 Å². The SMILES string of the molecule is Cl.N[C@@H](CC(=O)N1CCn2nnc(-c3ccc(F)cc3)c2C1)Cc1cc(F)c(F)cc1F. The number of hydrogen-bond donors (Lipinski definition) is 1. The largest absolute Gasteiger partial charge is 0.335 e. The van der Waals surface area contributed by atoms with E-state index in [0.717, 1.165) is 6.07 Å². The van der Waals surface area contributed by atoms with Gasteiger partial charge in [-0.3, -0.25) is 4.79 Å². The van der Waals surface area contributed by atoms with Crippen molar-refractivity contribution in [3.8, 4) is 11.3 Å². The summed E-state index contributed by atoms with van der Waals surface area (Å²) in [5, 5.41) is 8.25. The third kappa shape index (κ3) is 4.91. The quantitative estimate of drug-likeness (QED) is 0.460. The van der Waals surface area contributed by atoms with Crippen LogP contribution >= 0.6 is 12.4 Å². The molecule has 0 aliphatic carbocycles. The second kappa shape index (κ2) is 9.66. The van der Waals surface area contributed by atoms with Gasteiger partial charge >= 0.3 is 0 Å². The molecule has 3 aromatic rings. The van der Waals surface area contributed by atoms with E-state index in [2.05, 4.69) is 10.3 Å². The van der Waals surface area contributed by atoms with Crippen molar-refractivity contribution in [3.05, 3.63) is 70.9 Å². The number of nitrogens with two attached hydrogens (primary N) is 1. The minimum atomic E-state index is -1.28. The zero-order valence-electron chi connectivity index (χ0n) is 16.8. The summed E-state index contributed by atoms with van der Waals surface area (Å²) in [6, 6.07) is 6.28. The normalized spacial score (nSPS) is 14.0. The molecule has 1 aliphatic rings. The fourth-order valence-corrected chi connectivity index (χ4v) is 3.62. The smallest absolute Gasteiger partial charge is 0.224 e. The van der Waals surface area contributed by atoms with Gasteiger partial charge in [0, 0.05) is 30.6 Å². The first-order chi connectivity index (χ1) is 14.8. The molecule has 0 unspecified atom stereocenters. The Bertz CT molecular complexity index is 1120. The van der Waals surface area contributed by atoms with Gasteiger partial charge in [0.2, 0.25) is 5.91 Å². The lowest BCUT2D eigenvalue weighted by Crippen LogP contribution is -2.41. The van der Waals surface area contributed by atoms with Crippen LogP contribution in [-0.4, -0.2) is 38.4 Å². The number of benzene rings is 2. The fraction of sp³-hybridized carbons (Fsp3) is 0.286. The first-order valence-corrected chi connectivity index (χ1v) is 9.67. The third-order valence-corrected chi connectivity index (χ3v) is 5.24. The van der Waals surface area contributed by atoms with Crippen molar-refractivity contribution in [1.82, 2.24) is 19.9 Å². The van der Waals surface area contributed by atoms with Crippen LogP contribution in [0.3, 0.4) is 0 Å². The van der Waals surface area contributed by atoms with E-state index in [4.69, 9.17) is 5.73 Å². The summed E-state index contributed by atoms with van der Waals surface area (Å²) in [7, 11) is 0. The number of hydrogen-bond acceptors (Lipinski definition) is 4. The molecule has 32 heavy (non-hydrogen) atoms. The van der Waals surface area contributed by atoms with Gasteiger partial charge in [0.05, 0.1) is 18.8 Å². The average Bonchev–Trinajstić information content (AvgIpc) is 3.15. The standard InChI is InChI=1S/C21H19F4N5O.ClH/c22-14-3-1-12(2-4-14)21-19-11-29(5-6-30(19)28-27-21)20(31)9-15(26)7-13-8-17(24)18(25)10-16(13)23;/h1-4,8,10,15H,5-7,9,11,26H2;1H/t15-;/m1./s1. The maximum Gasteiger partial charge on any atom is 0.224 e. The molecule has 2 N–H and O–H groups in total. The molecule has 0 spiro atoms. The summed E-state index contributed by atoms with van der Waals surface area (Å²) in [6.07, 6.45) is -0.200. The molecule has 6 nitrogen and oxygen atoms in total. The van der Waals surface area contributed by atoms with E-state index in [-0.39, 0.29) is 49.1 Å². The maximum absolute atomic E-state index is 13.8. The number of fused-ring (bicyclic) bond motifs is 1. The Hall–Kier alpha value is -2.98. The van der Waals surface area contributed by atoms with Gasteiger partial charge in [-0.1, -0.05) is 5.21 Å². The first kappa shape index (κ1) is 23.7. The maximum atomic E-state index is 13.8. The second-order valence-electron chi connectivity index (χ2n) is 7.46. The zero-order chi connectivity index (χ0) is 22.1. The van der Waals surface area contributed by atoms with Crippen molar-refractivity contribution >= 4 is 18.3 Å². The zero-order valence-corrected chi connectivity index (χ0v) is 17.6.